The van der Waals surface area contributed by atoms with Crippen molar-refractivity contribution in [2.45, 2.75) is 6.42 Å². The molecule has 2 fully saturated rings. The molecule has 0 amide bonds. The second-order valence-corrected chi connectivity index (χ2v) is 5.28. The Bertz CT molecular complexity index is 459. The fraction of sp³-hybridized carbons (Fsp3) is 0.538. The van der Waals surface area contributed by atoms with Crippen molar-refractivity contribution < 1.29 is 9.59 Å². The third-order valence-electron chi connectivity index (χ3n) is 4.41. The molecule has 16 heavy (non-hydrogen) atoms. The molecule has 4 aliphatic rings. The zero-order valence-corrected chi connectivity index (χ0v) is 8.93. The zero-order chi connectivity index (χ0) is 10.9. The first kappa shape index (κ1) is 8.74. The van der Waals surface area contributed by atoms with Gasteiger partial charge in [0.05, 0.1) is 5.70 Å². The summed E-state index contributed by atoms with van der Waals surface area (Å²) in [4.78, 5) is 26.4. The van der Waals surface area contributed by atoms with E-state index >= 15 is 0 Å². The number of Topliss-reactive ketones (excluding diaryl/α,β-unsaturated/α-hetero) is 1. The standard InChI is InChI=1S/C13H13NO2/c15-10-6-9(14-3-4-14)13(16)12-8-2-1-7(5-8)11(10)12/h1-2,6-8,11-12H,3-5H2/t7-,8+,11+,12+/m1/s1. The predicted molar refractivity (Wildman–Crippen MR) is 57.4 cm³/mol. The monoisotopic (exact) mass is 215 g/mol. The SMILES string of the molecule is O=C1C(N2CC2)=CC(=O)[C@H]2[C@@H]1[C@H]1C=C[C@@H]2C1. The maximum Gasteiger partial charge on any atom is 0.183 e. The molecule has 2 bridgehead atoms. The molecule has 82 valence electrons. The normalized spacial score (nSPS) is 43.8. The molecule has 3 nitrogen and oxygen atoms in total. The number of nitrogens with zero attached hydrogens (tertiary/aromatic N) is 1. The molecule has 1 heterocycles. The van der Waals surface area contributed by atoms with E-state index in [1.54, 1.807) is 6.08 Å². The number of fused-ring (bicyclic) bond motifs is 5. The summed E-state index contributed by atoms with van der Waals surface area (Å²) in [5, 5.41) is 0. The van der Waals surface area contributed by atoms with Gasteiger partial charge in [0.15, 0.2) is 11.6 Å². The van der Waals surface area contributed by atoms with E-state index in [2.05, 4.69) is 12.2 Å². The first-order chi connectivity index (χ1) is 7.75. The molecule has 0 N–H and O–H groups in total. The molecule has 4 rings (SSSR count). The maximum atomic E-state index is 12.3. The molecule has 0 aromatic carbocycles. The molecule has 0 radical (unpaired) electrons. The Morgan fingerprint density at radius 2 is 1.75 bits per heavy atom. The lowest BCUT2D eigenvalue weighted by Crippen LogP contribution is -2.38. The van der Waals surface area contributed by atoms with Crippen molar-refractivity contribution in [2.24, 2.45) is 23.7 Å². The van der Waals surface area contributed by atoms with Gasteiger partial charge in [0.25, 0.3) is 0 Å². The third-order valence-corrected chi connectivity index (χ3v) is 4.41. The van der Waals surface area contributed by atoms with E-state index in [9.17, 15) is 9.59 Å². The molecule has 0 aromatic rings. The molecule has 4 atom stereocenters. The van der Waals surface area contributed by atoms with Crippen molar-refractivity contribution in [2.75, 3.05) is 13.1 Å². The fourth-order valence-electron chi connectivity index (χ4n) is 3.58. The Kier molecular flexibility index (Phi) is 1.45. The molecular weight excluding hydrogens is 202 g/mol. The Hall–Kier alpha value is -1.38. The summed E-state index contributed by atoms with van der Waals surface area (Å²) in [5.74, 6) is 0.991. The van der Waals surface area contributed by atoms with Crippen LogP contribution in [0.2, 0.25) is 0 Å². The van der Waals surface area contributed by atoms with Crippen LogP contribution in [0.5, 0.6) is 0 Å². The van der Waals surface area contributed by atoms with Crippen molar-refractivity contribution in [1.82, 2.24) is 4.90 Å². The van der Waals surface area contributed by atoms with E-state index in [1.807, 2.05) is 4.90 Å². The highest BCUT2D eigenvalue weighted by Crippen LogP contribution is 2.51. The van der Waals surface area contributed by atoms with Gasteiger partial charge in [-0.1, -0.05) is 12.2 Å². The van der Waals surface area contributed by atoms with Gasteiger partial charge in [0.1, 0.15) is 0 Å². The Labute approximate surface area is 93.8 Å². The van der Waals surface area contributed by atoms with Gasteiger partial charge in [0, 0.05) is 31.0 Å². The van der Waals surface area contributed by atoms with Crippen LogP contribution >= 0.6 is 0 Å². The van der Waals surface area contributed by atoms with E-state index in [4.69, 9.17) is 0 Å². The maximum absolute atomic E-state index is 12.3. The number of rotatable bonds is 1. The smallest absolute Gasteiger partial charge is 0.183 e. The van der Waals surface area contributed by atoms with Crippen LogP contribution in [0, 0.1) is 23.7 Å². The van der Waals surface area contributed by atoms with Crippen LogP contribution in [0.25, 0.3) is 0 Å². The molecule has 0 aromatic heterocycles. The van der Waals surface area contributed by atoms with Crippen LogP contribution in [-0.2, 0) is 9.59 Å². The van der Waals surface area contributed by atoms with Crippen molar-refractivity contribution in [1.29, 1.82) is 0 Å². The van der Waals surface area contributed by atoms with Gasteiger partial charge in [-0.2, -0.15) is 0 Å². The van der Waals surface area contributed by atoms with E-state index < -0.39 is 0 Å². The highest BCUT2D eigenvalue weighted by atomic mass is 16.1. The number of hydrogen-bond donors (Lipinski definition) is 0. The van der Waals surface area contributed by atoms with Crippen LogP contribution in [0.4, 0.5) is 0 Å². The van der Waals surface area contributed by atoms with Gasteiger partial charge in [-0.25, -0.2) is 0 Å². The van der Waals surface area contributed by atoms with Crippen LogP contribution < -0.4 is 0 Å². The first-order valence-corrected chi connectivity index (χ1v) is 5.99. The van der Waals surface area contributed by atoms with E-state index in [0.717, 1.165) is 19.5 Å². The lowest BCUT2D eigenvalue weighted by Gasteiger charge is -2.29. The number of hydrogen-bond acceptors (Lipinski definition) is 3. The second kappa shape index (κ2) is 2.65. The molecule has 1 saturated carbocycles. The quantitative estimate of drug-likeness (QED) is 0.479. The minimum Gasteiger partial charge on any atom is -0.365 e. The summed E-state index contributed by atoms with van der Waals surface area (Å²) in [7, 11) is 0. The predicted octanol–water partition coefficient (Wildman–Crippen LogP) is 0.776. The van der Waals surface area contributed by atoms with Crippen molar-refractivity contribution in [3.63, 3.8) is 0 Å². The second-order valence-electron chi connectivity index (χ2n) is 5.28. The number of allylic oxidation sites excluding steroid dienone is 4. The van der Waals surface area contributed by atoms with Crippen LogP contribution in [0.3, 0.4) is 0 Å². The summed E-state index contributed by atoms with van der Waals surface area (Å²) >= 11 is 0. The molecule has 3 heteroatoms. The molecule has 0 spiro atoms. The highest BCUT2D eigenvalue weighted by molar-refractivity contribution is 6.11. The van der Waals surface area contributed by atoms with E-state index in [0.29, 0.717) is 17.5 Å². The third kappa shape index (κ3) is 0.938. The Morgan fingerprint density at radius 3 is 2.44 bits per heavy atom. The average Bonchev–Trinajstić information content (AvgIpc) is 2.91. The summed E-state index contributed by atoms with van der Waals surface area (Å²) < 4.78 is 0. The number of carbonyl (C=O) groups excluding carboxylic acids is 2. The van der Waals surface area contributed by atoms with Crippen LogP contribution in [-0.4, -0.2) is 29.6 Å². The van der Waals surface area contributed by atoms with Gasteiger partial charge in [-0.05, 0) is 18.3 Å². The minimum atomic E-state index is -0.0388. The molecule has 0 unspecified atom stereocenters. The van der Waals surface area contributed by atoms with Crippen molar-refractivity contribution in [3.05, 3.63) is 23.9 Å². The first-order valence-electron chi connectivity index (χ1n) is 5.99. The Balaban J connectivity index is 1.79. The highest BCUT2D eigenvalue weighted by Gasteiger charge is 2.54. The van der Waals surface area contributed by atoms with Gasteiger partial charge in [0.2, 0.25) is 0 Å². The average molecular weight is 215 g/mol. The number of ketones is 2. The zero-order valence-electron chi connectivity index (χ0n) is 8.93. The van der Waals surface area contributed by atoms with Gasteiger partial charge in [-0.15, -0.1) is 0 Å². The summed E-state index contributed by atoms with van der Waals surface area (Å²) in [5.41, 5.74) is 0.687. The lowest BCUT2D eigenvalue weighted by atomic mass is 9.73. The van der Waals surface area contributed by atoms with Crippen LogP contribution in [0.15, 0.2) is 23.9 Å². The lowest BCUT2D eigenvalue weighted by molar-refractivity contribution is -0.130. The van der Waals surface area contributed by atoms with Crippen molar-refractivity contribution >= 4 is 11.6 Å². The fourth-order valence-corrected chi connectivity index (χ4v) is 3.58. The molecule has 3 aliphatic carbocycles. The van der Waals surface area contributed by atoms with Gasteiger partial charge >= 0.3 is 0 Å². The number of carbonyl (C=O) groups is 2. The Morgan fingerprint density at radius 1 is 1.06 bits per heavy atom. The van der Waals surface area contributed by atoms with Crippen LogP contribution in [0.1, 0.15) is 6.42 Å². The summed E-state index contributed by atoms with van der Waals surface area (Å²) in [6, 6.07) is 0. The largest absolute Gasteiger partial charge is 0.365 e. The topological polar surface area (TPSA) is 37.1 Å². The van der Waals surface area contributed by atoms with E-state index in [1.165, 1.54) is 0 Å². The van der Waals surface area contributed by atoms with E-state index in [-0.39, 0.29) is 23.4 Å². The van der Waals surface area contributed by atoms with Crippen molar-refractivity contribution in [3.8, 4) is 0 Å². The molecule has 1 saturated heterocycles. The van der Waals surface area contributed by atoms with Gasteiger partial charge in [-0.3, -0.25) is 9.59 Å². The molecular formula is C13H13NO2. The van der Waals surface area contributed by atoms with Gasteiger partial charge < -0.3 is 4.90 Å². The summed E-state index contributed by atoms with van der Waals surface area (Å²) in [6.07, 6.45) is 6.88. The summed E-state index contributed by atoms with van der Waals surface area (Å²) in [6.45, 7) is 1.87. The molecule has 1 aliphatic heterocycles. The minimum absolute atomic E-state index is 0.0359.